The number of hydrogen-bond donors (Lipinski definition) is 1. The van der Waals surface area contributed by atoms with E-state index in [1.54, 1.807) is 12.1 Å². The monoisotopic (exact) mass is 359 g/mol. The van der Waals surface area contributed by atoms with Crippen molar-refractivity contribution in [1.82, 2.24) is 4.57 Å². The molecule has 3 aromatic rings. The highest BCUT2D eigenvalue weighted by Gasteiger charge is 2.23. The molecule has 0 spiro atoms. The molecular weight excluding hydrogens is 336 g/mol. The second-order valence-corrected chi connectivity index (χ2v) is 6.68. The quantitative estimate of drug-likeness (QED) is 0.655. The number of imidazole rings is 1. The van der Waals surface area contributed by atoms with E-state index >= 15 is 0 Å². The normalized spacial score (nSPS) is 12.5. The smallest absolute Gasteiger partial charge is 0.257 e. The molecule has 1 N–H and O–H groups in total. The lowest BCUT2D eigenvalue weighted by molar-refractivity contribution is -0.654. The number of rotatable bonds is 7. The highest BCUT2D eigenvalue weighted by molar-refractivity contribution is 6.30. The Labute approximate surface area is 153 Å². The molecule has 0 radical (unpaired) electrons. The molecule has 1 atom stereocenters. The van der Waals surface area contributed by atoms with Crippen LogP contribution in [0.5, 0.6) is 5.75 Å². The zero-order chi connectivity index (χ0) is 17.8. The Balaban J connectivity index is 1.78. The van der Waals surface area contributed by atoms with Crippen molar-refractivity contribution >= 4 is 22.6 Å². The first-order valence-corrected chi connectivity index (χ1v) is 9.00. The van der Waals surface area contributed by atoms with Crippen LogP contribution in [0.2, 0.25) is 5.02 Å². The van der Waals surface area contributed by atoms with E-state index in [9.17, 15) is 5.11 Å². The molecule has 0 unspecified atom stereocenters. The molecule has 0 bridgehead atoms. The Morgan fingerprint density at radius 2 is 2.00 bits per heavy atom. The molecule has 2 aromatic carbocycles. The third-order valence-corrected chi connectivity index (χ3v) is 4.57. The van der Waals surface area contributed by atoms with Crippen LogP contribution >= 0.6 is 11.6 Å². The predicted octanol–water partition coefficient (Wildman–Crippen LogP) is 3.51. The summed E-state index contributed by atoms with van der Waals surface area (Å²) >= 11 is 5.96. The fraction of sp³-hybridized carbons (Fsp3) is 0.350. The summed E-state index contributed by atoms with van der Waals surface area (Å²) in [4.78, 5) is 0. The molecule has 5 heteroatoms. The number of aliphatic hydroxyl groups excluding tert-OH is 1. The second-order valence-electron chi connectivity index (χ2n) is 6.25. The van der Waals surface area contributed by atoms with Gasteiger partial charge in [-0.25, -0.2) is 9.13 Å². The van der Waals surface area contributed by atoms with Gasteiger partial charge in [0, 0.05) is 11.4 Å². The Morgan fingerprint density at radius 3 is 2.76 bits per heavy atom. The van der Waals surface area contributed by atoms with E-state index in [-0.39, 0.29) is 6.61 Å². The minimum Gasteiger partial charge on any atom is -0.491 e. The van der Waals surface area contributed by atoms with Gasteiger partial charge in [-0.15, -0.1) is 0 Å². The molecule has 132 valence electrons. The van der Waals surface area contributed by atoms with Gasteiger partial charge in [0.2, 0.25) is 0 Å². The van der Waals surface area contributed by atoms with Gasteiger partial charge >= 0.3 is 0 Å². The van der Waals surface area contributed by atoms with E-state index in [2.05, 4.69) is 35.2 Å². The molecule has 0 fully saturated rings. The van der Waals surface area contributed by atoms with Crippen molar-refractivity contribution in [2.45, 2.75) is 32.4 Å². The number of ether oxygens (including phenoxy) is 1. The van der Waals surface area contributed by atoms with E-state index in [4.69, 9.17) is 16.3 Å². The van der Waals surface area contributed by atoms with E-state index in [0.29, 0.717) is 17.3 Å². The first-order valence-electron chi connectivity index (χ1n) is 8.62. The standard InChI is InChI=1S/C20H24ClN2O2/c1-3-7-20-22(2)18-10-4-5-11-19(18)23(20)13-16(24)14-25-17-9-6-8-15(21)12-17/h4-6,8-12,16,24H,3,7,13-14H2,1-2H3/q+1/t16-/m0/s1. The van der Waals surface area contributed by atoms with Crippen molar-refractivity contribution in [1.29, 1.82) is 0 Å². The van der Waals surface area contributed by atoms with Crippen LogP contribution in [-0.4, -0.2) is 22.4 Å². The third kappa shape index (κ3) is 3.97. The zero-order valence-corrected chi connectivity index (χ0v) is 15.4. The summed E-state index contributed by atoms with van der Waals surface area (Å²) in [6, 6.07) is 15.5. The maximum Gasteiger partial charge on any atom is 0.257 e. The second kappa shape index (κ2) is 7.89. The Morgan fingerprint density at radius 1 is 1.20 bits per heavy atom. The van der Waals surface area contributed by atoms with Gasteiger partial charge in [-0.05, 0) is 36.8 Å². The first kappa shape index (κ1) is 17.8. The lowest BCUT2D eigenvalue weighted by Crippen LogP contribution is -2.34. The van der Waals surface area contributed by atoms with Gasteiger partial charge in [-0.3, -0.25) is 0 Å². The number of aliphatic hydroxyl groups is 1. The molecule has 3 rings (SSSR count). The molecule has 1 heterocycles. The van der Waals surface area contributed by atoms with Crippen molar-refractivity contribution in [3.05, 3.63) is 59.4 Å². The van der Waals surface area contributed by atoms with Gasteiger partial charge < -0.3 is 9.84 Å². The van der Waals surface area contributed by atoms with Crippen molar-refractivity contribution in [2.75, 3.05) is 6.61 Å². The van der Waals surface area contributed by atoms with Gasteiger partial charge in [-0.2, -0.15) is 0 Å². The maximum atomic E-state index is 10.5. The fourth-order valence-electron chi connectivity index (χ4n) is 3.18. The van der Waals surface area contributed by atoms with Crippen molar-refractivity contribution < 1.29 is 14.4 Å². The Kier molecular flexibility index (Phi) is 5.61. The highest BCUT2D eigenvalue weighted by Crippen LogP contribution is 2.19. The average Bonchev–Trinajstić information content (AvgIpc) is 2.87. The van der Waals surface area contributed by atoms with Gasteiger partial charge in [0.05, 0.1) is 7.05 Å². The number of hydrogen-bond acceptors (Lipinski definition) is 2. The Hall–Kier alpha value is -2.04. The minimum atomic E-state index is -0.606. The third-order valence-electron chi connectivity index (χ3n) is 4.34. The average molecular weight is 360 g/mol. The maximum absolute atomic E-state index is 10.5. The molecule has 25 heavy (non-hydrogen) atoms. The van der Waals surface area contributed by atoms with Gasteiger partial charge in [0.25, 0.3) is 5.82 Å². The van der Waals surface area contributed by atoms with Crippen LogP contribution in [0.15, 0.2) is 48.5 Å². The Bertz CT molecular complexity index is 860. The van der Waals surface area contributed by atoms with Crippen molar-refractivity contribution in [2.24, 2.45) is 7.05 Å². The summed E-state index contributed by atoms with van der Waals surface area (Å²) in [5.41, 5.74) is 2.31. The zero-order valence-electron chi connectivity index (χ0n) is 14.7. The number of nitrogens with zero attached hydrogens (tertiary/aromatic N) is 2. The molecule has 0 aliphatic heterocycles. The number of aryl methyl sites for hydroxylation is 1. The molecule has 0 aliphatic carbocycles. The lowest BCUT2D eigenvalue weighted by Gasteiger charge is -2.12. The number of aromatic nitrogens is 2. The van der Waals surface area contributed by atoms with Crippen molar-refractivity contribution in [3.8, 4) is 5.75 Å². The summed E-state index contributed by atoms with van der Waals surface area (Å²) < 4.78 is 10.1. The molecule has 0 saturated heterocycles. The summed E-state index contributed by atoms with van der Waals surface area (Å²) in [5, 5.41) is 11.1. The molecule has 0 saturated carbocycles. The van der Waals surface area contributed by atoms with Crippen LogP contribution in [0.3, 0.4) is 0 Å². The summed E-state index contributed by atoms with van der Waals surface area (Å²) in [6.45, 7) is 2.89. The van der Waals surface area contributed by atoms with Crippen LogP contribution in [0, 0.1) is 0 Å². The van der Waals surface area contributed by atoms with E-state index in [0.717, 1.165) is 18.4 Å². The molecule has 1 aromatic heterocycles. The SMILES string of the molecule is CCCc1n(C[C@H](O)COc2cccc(Cl)c2)c2ccccc2[n+]1C. The highest BCUT2D eigenvalue weighted by atomic mass is 35.5. The van der Waals surface area contributed by atoms with E-state index in [1.807, 2.05) is 24.3 Å². The van der Waals surface area contributed by atoms with Crippen LogP contribution in [0.1, 0.15) is 19.2 Å². The van der Waals surface area contributed by atoms with Crippen LogP contribution in [-0.2, 0) is 20.0 Å². The summed E-state index contributed by atoms with van der Waals surface area (Å²) in [6.07, 6.45) is 1.41. The summed E-state index contributed by atoms with van der Waals surface area (Å²) in [5.74, 6) is 1.88. The van der Waals surface area contributed by atoms with Gasteiger partial charge in [0.15, 0.2) is 11.0 Å². The molecule has 4 nitrogen and oxygen atoms in total. The van der Waals surface area contributed by atoms with Crippen molar-refractivity contribution in [3.63, 3.8) is 0 Å². The van der Waals surface area contributed by atoms with Crippen LogP contribution in [0.4, 0.5) is 0 Å². The molecule has 0 amide bonds. The number of fused-ring (bicyclic) bond motifs is 1. The molecular formula is C20H24ClN2O2+. The predicted molar refractivity (Wildman–Crippen MR) is 100 cm³/mol. The van der Waals surface area contributed by atoms with Gasteiger partial charge in [0.1, 0.15) is 25.0 Å². The largest absolute Gasteiger partial charge is 0.491 e. The first-order chi connectivity index (χ1) is 12.1. The number of halogens is 1. The lowest BCUT2D eigenvalue weighted by atomic mass is 10.3. The van der Waals surface area contributed by atoms with Crippen LogP contribution in [0.25, 0.3) is 11.0 Å². The topological polar surface area (TPSA) is 38.3 Å². The number of benzene rings is 2. The fourth-order valence-corrected chi connectivity index (χ4v) is 3.36. The van der Waals surface area contributed by atoms with Gasteiger partial charge in [-0.1, -0.05) is 36.7 Å². The van der Waals surface area contributed by atoms with E-state index in [1.165, 1.54) is 11.3 Å². The van der Waals surface area contributed by atoms with Crippen LogP contribution < -0.4 is 9.30 Å². The number of para-hydroxylation sites is 2. The molecule has 0 aliphatic rings. The van der Waals surface area contributed by atoms with E-state index < -0.39 is 6.10 Å². The minimum absolute atomic E-state index is 0.224. The summed E-state index contributed by atoms with van der Waals surface area (Å²) in [7, 11) is 2.08.